The molecule has 2 heteroatoms. The summed E-state index contributed by atoms with van der Waals surface area (Å²) in [7, 11) is 2.01. The molecule has 0 aliphatic rings. The highest BCUT2D eigenvalue weighted by molar-refractivity contribution is 9.10. The molecule has 18 heavy (non-hydrogen) atoms. The highest BCUT2D eigenvalue weighted by atomic mass is 79.9. The molecule has 0 fully saturated rings. The quantitative estimate of drug-likeness (QED) is 0.880. The van der Waals surface area contributed by atoms with Crippen LogP contribution in [0.5, 0.6) is 0 Å². The van der Waals surface area contributed by atoms with Gasteiger partial charge in [-0.25, -0.2) is 0 Å². The molecular formula is C16H18BrN. The molecule has 94 valence electrons. The molecule has 0 saturated carbocycles. The molecule has 0 spiro atoms. The number of hydrogen-bond acceptors (Lipinski definition) is 1. The molecule has 1 unspecified atom stereocenters. The van der Waals surface area contributed by atoms with E-state index < -0.39 is 0 Å². The van der Waals surface area contributed by atoms with Crippen molar-refractivity contribution in [3.63, 3.8) is 0 Å². The second kappa shape index (κ2) is 6.72. The van der Waals surface area contributed by atoms with E-state index in [4.69, 9.17) is 0 Å². The van der Waals surface area contributed by atoms with E-state index in [0.29, 0.717) is 5.92 Å². The van der Waals surface area contributed by atoms with E-state index in [2.05, 4.69) is 75.8 Å². The number of benzene rings is 2. The summed E-state index contributed by atoms with van der Waals surface area (Å²) < 4.78 is 1.15. The summed E-state index contributed by atoms with van der Waals surface area (Å²) in [6, 6.07) is 19.3. The Kier molecular flexibility index (Phi) is 4.97. The molecule has 0 heterocycles. The number of halogens is 1. The maximum absolute atomic E-state index is 3.55. The Labute approximate surface area is 117 Å². The van der Waals surface area contributed by atoms with Gasteiger partial charge in [0, 0.05) is 16.9 Å². The second-order valence-electron chi connectivity index (χ2n) is 4.50. The van der Waals surface area contributed by atoms with Gasteiger partial charge in [-0.3, -0.25) is 0 Å². The van der Waals surface area contributed by atoms with Crippen molar-refractivity contribution in [1.29, 1.82) is 0 Å². The fourth-order valence-corrected chi connectivity index (χ4v) is 2.63. The topological polar surface area (TPSA) is 12.0 Å². The lowest BCUT2D eigenvalue weighted by Crippen LogP contribution is -2.19. The van der Waals surface area contributed by atoms with Crippen LogP contribution in [-0.2, 0) is 6.42 Å². The average Bonchev–Trinajstić information content (AvgIpc) is 2.39. The van der Waals surface area contributed by atoms with Crippen molar-refractivity contribution in [3.05, 3.63) is 70.2 Å². The summed E-state index contributed by atoms with van der Waals surface area (Å²) >= 11 is 3.55. The standard InChI is InChI=1S/C16H18BrN/c1-18-12-15(10-13-6-3-2-4-7-13)14-8-5-9-16(17)11-14/h2-9,11,15,18H,10,12H2,1H3. The van der Waals surface area contributed by atoms with E-state index in [1.54, 1.807) is 0 Å². The van der Waals surface area contributed by atoms with E-state index >= 15 is 0 Å². The van der Waals surface area contributed by atoms with E-state index in [9.17, 15) is 0 Å². The Bertz CT molecular complexity index is 481. The molecule has 1 atom stereocenters. The molecule has 0 bridgehead atoms. The lowest BCUT2D eigenvalue weighted by atomic mass is 9.92. The lowest BCUT2D eigenvalue weighted by Gasteiger charge is -2.17. The molecule has 1 N–H and O–H groups in total. The lowest BCUT2D eigenvalue weighted by molar-refractivity contribution is 0.625. The molecule has 0 amide bonds. The Hall–Kier alpha value is -1.12. The van der Waals surface area contributed by atoms with Crippen LogP contribution in [0, 0.1) is 0 Å². The second-order valence-corrected chi connectivity index (χ2v) is 5.42. The number of rotatable bonds is 5. The van der Waals surface area contributed by atoms with Gasteiger partial charge in [0.05, 0.1) is 0 Å². The summed E-state index contributed by atoms with van der Waals surface area (Å²) in [6.07, 6.45) is 1.07. The van der Waals surface area contributed by atoms with E-state index in [0.717, 1.165) is 17.4 Å². The van der Waals surface area contributed by atoms with Crippen LogP contribution >= 0.6 is 15.9 Å². The van der Waals surface area contributed by atoms with Gasteiger partial charge in [-0.1, -0.05) is 58.4 Å². The minimum absolute atomic E-state index is 0.509. The maximum Gasteiger partial charge on any atom is 0.0178 e. The van der Waals surface area contributed by atoms with E-state index in [1.807, 2.05) is 7.05 Å². The van der Waals surface area contributed by atoms with Crippen LogP contribution in [0.1, 0.15) is 17.0 Å². The van der Waals surface area contributed by atoms with Crippen molar-refractivity contribution < 1.29 is 0 Å². The average molecular weight is 304 g/mol. The molecule has 0 aliphatic heterocycles. The van der Waals surface area contributed by atoms with E-state index in [1.165, 1.54) is 11.1 Å². The van der Waals surface area contributed by atoms with Crippen molar-refractivity contribution >= 4 is 15.9 Å². The highest BCUT2D eigenvalue weighted by Crippen LogP contribution is 2.23. The third kappa shape index (κ3) is 3.69. The van der Waals surface area contributed by atoms with Gasteiger partial charge in [-0.05, 0) is 36.7 Å². The molecule has 1 nitrogen and oxygen atoms in total. The van der Waals surface area contributed by atoms with Crippen LogP contribution in [0.15, 0.2) is 59.1 Å². The van der Waals surface area contributed by atoms with Gasteiger partial charge in [0.2, 0.25) is 0 Å². The highest BCUT2D eigenvalue weighted by Gasteiger charge is 2.11. The first-order chi connectivity index (χ1) is 8.79. The Balaban J connectivity index is 2.18. The third-order valence-corrected chi connectivity index (χ3v) is 3.59. The molecule has 2 rings (SSSR count). The third-order valence-electron chi connectivity index (χ3n) is 3.10. The zero-order chi connectivity index (χ0) is 12.8. The molecule has 0 aliphatic carbocycles. The number of likely N-dealkylation sites (N-methyl/N-ethyl adjacent to an activating group) is 1. The first kappa shape index (κ1) is 13.3. The van der Waals surface area contributed by atoms with Crippen LogP contribution in [0.3, 0.4) is 0 Å². The van der Waals surface area contributed by atoms with Crippen molar-refractivity contribution in [3.8, 4) is 0 Å². The fourth-order valence-electron chi connectivity index (χ4n) is 2.21. The summed E-state index contributed by atoms with van der Waals surface area (Å²) in [6.45, 7) is 0.991. The van der Waals surface area contributed by atoms with Gasteiger partial charge in [0.1, 0.15) is 0 Å². The van der Waals surface area contributed by atoms with Crippen molar-refractivity contribution in [2.45, 2.75) is 12.3 Å². The zero-order valence-electron chi connectivity index (χ0n) is 10.6. The van der Waals surface area contributed by atoms with Crippen molar-refractivity contribution in [1.82, 2.24) is 5.32 Å². The molecule has 2 aromatic rings. The molecule has 2 aromatic carbocycles. The van der Waals surface area contributed by atoms with Gasteiger partial charge in [-0.15, -0.1) is 0 Å². The molecular weight excluding hydrogens is 286 g/mol. The minimum Gasteiger partial charge on any atom is -0.319 e. The van der Waals surface area contributed by atoms with Crippen LogP contribution in [0.25, 0.3) is 0 Å². The van der Waals surface area contributed by atoms with Gasteiger partial charge >= 0.3 is 0 Å². The normalized spacial score (nSPS) is 12.3. The first-order valence-electron chi connectivity index (χ1n) is 6.23. The van der Waals surface area contributed by atoms with Crippen LogP contribution in [0.4, 0.5) is 0 Å². The summed E-state index contributed by atoms with van der Waals surface area (Å²) in [5, 5.41) is 3.29. The smallest absolute Gasteiger partial charge is 0.0178 e. The van der Waals surface area contributed by atoms with Crippen LogP contribution in [-0.4, -0.2) is 13.6 Å². The molecule has 0 aromatic heterocycles. The predicted octanol–water partition coefficient (Wildman–Crippen LogP) is 3.99. The minimum atomic E-state index is 0.509. The fraction of sp³-hybridized carbons (Fsp3) is 0.250. The van der Waals surface area contributed by atoms with Gasteiger partial charge in [-0.2, -0.15) is 0 Å². The summed E-state index contributed by atoms with van der Waals surface area (Å²) in [5.41, 5.74) is 2.76. The van der Waals surface area contributed by atoms with Gasteiger partial charge in [0.15, 0.2) is 0 Å². The largest absolute Gasteiger partial charge is 0.319 e. The SMILES string of the molecule is CNCC(Cc1ccccc1)c1cccc(Br)c1. The van der Waals surface area contributed by atoms with Gasteiger partial charge in [0.25, 0.3) is 0 Å². The summed E-state index contributed by atoms with van der Waals surface area (Å²) in [5.74, 6) is 0.509. The zero-order valence-corrected chi connectivity index (χ0v) is 12.2. The van der Waals surface area contributed by atoms with Crippen LogP contribution in [0.2, 0.25) is 0 Å². The number of nitrogens with one attached hydrogen (secondary N) is 1. The van der Waals surface area contributed by atoms with Gasteiger partial charge < -0.3 is 5.32 Å². The van der Waals surface area contributed by atoms with Crippen LogP contribution < -0.4 is 5.32 Å². The summed E-state index contributed by atoms with van der Waals surface area (Å²) in [4.78, 5) is 0. The Morgan fingerprint density at radius 2 is 1.83 bits per heavy atom. The maximum atomic E-state index is 3.55. The number of hydrogen-bond donors (Lipinski definition) is 1. The first-order valence-corrected chi connectivity index (χ1v) is 7.03. The predicted molar refractivity (Wildman–Crippen MR) is 81.0 cm³/mol. The Morgan fingerprint density at radius 1 is 1.06 bits per heavy atom. The van der Waals surface area contributed by atoms with Crippen molar-refractivity contribution in [2.75, 3.05) is 13.6 Å². The Morgan fingerprint density at radius 3 is 2.50 bits per heavy atom. The molecule has 0 saturated heterocycles. The van der Waals surface area contributed by atoms with Crippen molar-refractivity contribution in [2.24, 2.45) is 0 Å². The monoisotopic (exact) mass is 303 g/mol. The van der Waals surface area contributed by atoms with E-state index in [-0.39, 0.29) is 0 Å². The molecule has 0 radical (unpaired) electrons.